The third kappa shape index (κ3) is 4.51. The summed E-state index contributed by atoms with van der Waals surface area (Å²) in [6, 6.07) is 4.88. The molecule has 0 saturated carbocycles. The first kappa shape index (κ1) is 23.1. The van der Waals surface area contributed by atoms with E-state index in [1.165, 1.54) is 14.2 Å². The number of methoxy groups -OCH3 is 2. The highest BCUT2D eigenvalue weighted by Crippen LogP contribution is 2.33. The summed E-state index contributed by atoms with van der Waals surface area (Å²) in [4.78, 5) is 58.9. The topological polar surface area (TPSA) is 169 Å². The number of H-pyrrole nitrogens is 1. The molecule has 1 aromatic heterocycles. The highest BCUT2D eigenvalue weighted by Gasteiger charge is 2.36. The van der Waals surface area contributed by atoms with Gasteiger partial charge in [0.1, 0.15) is 17.3 Å². The second-order valence-electron chi connectivity index (χ2n) is 8.18. The number of nitrogens with one attached hydrogen (secondary N) is 3. The number of nitrogens with two attached hydrogens (primary N) is 1. The Labute approximate surface area is 194 Å². The van der Waals surface area contributed by atoms with Crippen molar-refractivity contribution in [3.8, 4) is 11.5 Å². The van der Waals surface area contributed by atoms with Crippen LogP contribution < -0.4 is 36.3 Å². The van der Waals surface area contributed by atoms with Gasteiger partial charge in [-0.25, -0.2) is 0 Å². The van der Waals surface area contributed by atoms with Gasteiger partial charge in [0.05, 0.1) is 31.4 Å². The minimum absolute atomic E-state index is 0.0499. The molecule has 1 saturated heterocycles. The summed E-state index contributed by atoms with van der Waals surface area (Å²) in [6.07, 6.45) is 0.875. The van der Waals surface area contributed by atoms with Crippen LogP contribution >= 0.6 is 0 Å². The standard InChI is InChI=1S/C22H26N6O6/c1-33-12-3-4-14(15(9-12)34-2)24-20(31)13-10-16(29)25-19-17(13)21(32)27-22(26-19)28-7-5-11(6-8-28)18(23)30/h3-4,9,11,13H,5-8,10H2,1-2H3,(H2,23,30)(H,24,31)(H2,25,26,27,29,32)/t13-/m1/s1. The lowest BCUT2D eigenvalue weighted by molar-refractivity contribution is -0.123. The van der Waals surface area contributed by atoms with Crippen LogP contribution in [0.25, 0.3) is 0 Å². The Balaban J connectivity index is 1.59. The van der Waals surface area contributed by atoms with E-state index in [2.05, 4.69) is 20.6 Å². The highest BCUT2D eigenvalue weighted by atomic mass is 16.5. The van der Waals surface area contributed by atoms with E-state index in [0.717, 1.165) is 0 Å². The highest BCUT2D eigenvalue weighted by molar-refractivity contribution is 6.05. The van der Waals surface area contributed by atoms with Gasteiger partial charge in [0.2, 0.25) is 23.7 Å². The second kappa shape index (κ2) is 9.41. The number of fused-ring (bicyclic) bond motifs is 1. The number of carbonyl (C=O) groups excluding carboxylic acids is 3. The lowest BCUT2D eigenvalue weighted by atomic mass is 9.92. The van der Waals surface area contributed by atoms with Gasteiger partial charge in [-0.05, 0) is 25.0 Å². The first-order valence-electron chi connectivity index (χ1n) is 10.8. The molecule has 0 radical (unpaired) electrons. The third-order valence-electron chi connectivity index (χ3n) is 6.12. The van der Waals surface area contributed by atoms with Crippen molar-refractivity contribution in [2.24, 2.45) is 11.7 Å². The van der Waals surface area contributed by atoms with E-state index in [4.69, 9.17) is 15.2 Å². The van der Waals surface area contributed by atoms with Crippen LogP contribution in [0.1, 0.15) is 30.7 Å². The van der Waals surface area contributed by atoms with E-state index in [1.807, 2.05) is 4.90 Å². The second-order valence-corrected chi connectivity index (χ2v) is 8.18. The molecular formula is C22H26N6O6. The van der Waals surface area contributed by atoms with Crippen molar-refractivity contribution in [2.75, 3.05) is 42.8 Å². The van der Waals surface area contributed by atoms with Crippen molar-refractivity contribution in [3.05, 3.63) is 34.1 Å². The number of piperidine rings is 1. The Morgan fingerprint density at radius 1 is 1.18 bits per heavy atom. The zero-order chi connectivity index (χ0) is 24.4. The zero-order valence-corrected chi connectivity index (χ0v) is 18.8. The van der Waals surface area contributed by atoms with Gasteiger partial charge in [0.15, 0.2) is 0 Å². The fourth-order valence-corrected chi connectivity index (χ4v) is 4.23. The smallest absolute Gasteiger partial charge is 0.258 e. The van der Waals surface area contributed by atoms with Crippen molar-refractivity contribution in [3.63, 3.8) is 0 Å². The summed E-state index contributed by atoms with van der Waals surface area (Å²) in [7, 11) is 2.97. The molecule has 1 aromatic carbocycles. The molecule has 0 aliphatic carbocycles. The Bertz CT molecular complexity index is 1190. The maximum absolute atomic E-state index is 13.1. The number of carbonyl (C=O) groups is 3. The van der Waals surface area contributed by atoms with Gasteiger partial charge in [0.25, 0.3) is 5.56 Å². The number of nitrogens with zero attached hydrogens (tertiary/aromatic N) is 2. The molecule has 0 spiro atoms. The largest absolute Gasteiger partial charge is 0.497 e. The summed E-state index contributed by atoms with van der Waals surface area (Å²) >= 11 is 0. The van der Waals surface area contributed by atoms with Gasteiger partial charge in [-0.3, -0.25) is 24.2 Å². The maximum Gasteiger partial charge on any atom is 0.258 e. The summed E-state index contributed by atoms with van der Waals surface area (Å²) < 4.78 is 10.5. The molecule has 3 heterocycles. The molecule has 0 bridgehead atoms. The number of anilines is 3. The molecule has 2 aromatic rings. The molecule has 5 N–H and O–H groups in total. The maximum atomic E-state index is 13.1. The van der Waals surface area contributed by atoms with E-state index in [0.29, 0.717) is 43.1 Å². The van der Waals surface area contributed by atoms with Crippen LogP contribution in [0.5, 0.6) is 11.5 Å². The van der Waals surface area contributed by atoms with Crippen LogP contribution in [-0.2, 0) is 14.4 Å². The van der Waals surface area contributed by atoms with Gasteiger partial charge in [-0.2, -0.15) is 4.98 Å². The predicted molar refractivity (Wildman–Crippen MR) is 123 cm³/mol. The van der Waals surface area contributed by atoms with Gasteiger partial charge < -0.3 is 30.7 Å². The number of aromatic nitrogens is 2. The van der Waals surface area contributed by atoms with Crippen molar-refractivity contribution in [1.82, 2.24) is 9.97 Å². The van der Waals surface area contributed by atoms with Crippen LogP contribution in [0.15, 0.2) is 23.0 Å². The van der Waals surface area contributed by atoms with Crippen molar-refractivity contribution >= 4 is 35.2 Å². The Morgan fingerprint density at radius 2 is 1.91 bits per heavy atom. The van der Waals surface area contributed by atoms with Crippen LogP contribution in [0.4, 0.5) is 17.5 Å². The monoisotopic (exact) mass is 470 g/mol. The van der Waals surface area contributed by atoms with E-state index in [1.54, 1.807) is 18.2 Å². The van der Waals surface area contributed by atoms with Gasteiger partial charge >= 0.3 is 0 Å². The number of primary amides is 1. The van der Waals surface area contributed by atoms with E-state index >= 15 is 0 Å². The normalized spacial score (nSPS) is 18.0. The van der Waals surface area contributed by atoms with E-state index < -0.39 is 23.3 Å². The molecule has 2 aliphatic heterocycles. The van der Waals surface area contributed by atoms with Gasteiger partial charge in [-0.15, -0.1) is 0 Å². The average molecular weight is 470 g/mol. The van der Waals surface area contributed by atoms with Crippen molar-refractivity contribution in [2.45, 2.75) is 25.2 Å². The first-order chi connectivity index (χ1) is 16.3. The van der Waals surface area contributed by atoms with Crippen molar-refractivity contribution < 1.29 is 23.9 Å². The molecule has 180 valence electrons. The van der Waals surface area contributed by atoms with Crippen LogP contribution in [0.3, 0.4) is 0 Å². The number of benzene rings is 1. The summed E-state index contributed by atoms with van der Waals surface area (Å²) in [6.45, 7) is 0.953. The van der Waals surface area contributed by atoms with Gasteiger partial charge in [0, 0.05) is 31.5 Å². The lowest BCUT2D eigenvalue weighted by Gasteiger charge is -2.32. The van der Waals surface area contributed by atoms with Crippen LogP contribution in [0.2, 0.25) is 0 Å². The molecule has 12 heteroatoms. The fraction of sp³-hybridized carbons (Fsp3) is 0.409. The summed E-state index contributed by atoms with van der Waals surface area (Å²) in [5, 5.41) is 5.33. The van der Waals surface area contributed by atoms with Gasteiger partial charge in [-0.1, -0.05) is 0 Å². The summed E-state index contributed by atoms with van der Waals surface area (Å²) in [5.41, 5.74) is 5.33. The Hall–Kier alpha value is -4.09. The Morgan fingerprint density at radius 3 is 2.56 bits per heavy atom. The first-order valence-corrected chi connectivity index (χ1v) is 10.8. The minimum Gasteiger partial charge on any atom is -0.497 e. The molecule has 0 unspecified atom stereocenters. The fourth-order valence-electron chi connectivity index (χ4n) is 4.23. The molecule has 1 atom stereocenters. The number of amides is 3. The molecule has 1 fully saturated rings. The van der Waals surface area contributed by atoms with Crippen LogP contribution in [-0.4, -0.2) is 55.0 Å². The quantitative estimate of drug-likeness (QED) is 0.474. The molecule has 4 rings (SSSR count). The molecule has 12 nitrogen and oxygen atoms in total. The SMILES string of the molecule is COc1ccc(NC(=O)[C@@H]2CC(=O)Nc3nc(N4CCC(C(N)=O)CC4)[nH]c(=O)c32)c(OC)c1. The molecular weight excluding hydrogens is 444 g/mol. The molecule has 3 amide bonds. The number of ether oxygens (including phenoxy) is 2. The molecule has 34 heavy (non-hydrogen) atoms. The van der Waals surface area contributed by atoms with Crippen LogP contribution in [0, 0.1) is 5.92 Å². The van der Waals surface area contributed by atoms with Crippen molar-refractivity contribution in [1.29, 1.82) is 0 Å². The number of hydrogen-bond donors (Lipinski definition) is 4. The summed E-state index contributed by atoms with van der Waals surface area (Å²) in [5.74, 6) is -1.34. The third-order valence-corrected chi connectivity index (χ3v) is 6.12. The zero-order valence-electron chi connectivity index (χ0n) is 18.8. The van der Waals surface area contributed by atoms with E-state index in [9.17, 15) is 19.2 Å². The minimum atomic E-state index is -1.04. The Kier molecular flexibility index (Phi) is 6.39. The number of rotatable bonds is 6. The number of aromatic amines is 1. The average Bonchev–Trinajstić information content (AvgIpc) is 2.83. The molecule has 2 aliphatic rings. The lowest BCUT2D eigenvalue weighted by Crippen LogP contribution is -2.41. The number of hydrogen-bond acceptors (Lipinski definition) is 8. The predicted octanol–water partition coefficient (Wildman–Crippen LogP) is 0.553. The van der Waals surface area contributed by atoms with E-state index in [-0.39, 0.29) is 35.6 Å².